The fourth-order valence-electron chi connectivity index (χ4n) is 8.27. The van der Waals surface area contributed by atoms with E-state index in [4.69, 9.17) is 21.3 Å². The number of hydrogen-bond acceptors (Lipinski definition) is 6. The Balaban J connectivity index is 1.18. The van der Waals surface area contributed by atoms with Crippen molar-refractivity contribution < 1.29 is 14.3 Å². The van der Waals surface area contributed by atoms with E-state index in [-0.39, 0.29) is 18.1 Å². The van der Waals surface area contributed by atoms with Gasteiger partial charge in [0.2, 0.25) is 0 Å². The Bertz CT molecular complexity index is 2030. The monoisotopic (exact) mass is 728 g/mol. The predicted molar refractivity (Wildman–Crippen MR) is 206 cm³/mol. The topological polar surface area (TPSA) is 83.8 Å². The average Bonchev–Trinajstić information content (AvgIpc) is 3.65. The number of hydrogen-bond donors (Lipinski definition) is 0. The number of carbonyl (C=O) groups is 2. The Morgan fingerprint density at radius 1 is 0.849 bits per heavy atom. The maximum atomic E-state index is 15.4. The van der Waals surface area contributed by atoms with E-state index in [0.29, 0.717) is 37.7 Å². The number of nitrogens with zero attached hydrogens (tertiary/aromatic N) is 6. The first-order chi connectivity index (χ1) is 26.0. The van der Waals surface area contributed by atoms with Gasteiger partial charge in [0, 0.05) is 55.5 Å². The van der Waals surface area contributed by atoms with Gasteiger partial charge in [-0.05, 0) is 96.7 Å². The van der Waals surface area contributed by atoms with E-state index in [1.807, 2.05) is 76.5 Å². The first kappa shape index (κ1) is 35.1. The summed E-state index contributed by atoms with van der Waals surface area (Å²) in [5, 5.41) is 0.705. The highest BCUT2D eigenvalue weighted by Crippen LogP contribution is 2.38. The maximum absolute atomic E-state index is 15.4. The second-order valence-corrected chi connectivity index (χ2v) is 14.9. The lowest BCUT2D eigenvalue weighted by molar-refractivity contribution is -0.126. The molecule has 10 heteroatoms. The van der Waals surface area contributed by atoms with E-state index in [1.54, 1.807) is 17.4 Å². The number of halogens is 1. The van der Waals surface area contributed by atoms with Crippen molar-refractivity contribution in [2.75, 3.05) is 24.5 Å². The number of aromatic nitrogens is 3. The largest absolute Gasteiger partial charge is 0.446 e. The molecule has 272 valence electrons. The molecule has 2 aromatic heterocycles. The lowest BCUT2D eigenvalue weighted by atomic mass is 9.95. The van der Waals surface area contributed by atoms with Gasteiger partial charge in [-0.3, -0.25) is 19.6 Å². The maximum Gasteiger partial charge on any atom is 0.410 e. The smallest absolute Gasteiger partial charge is 0.410 e. The minimum atomic E-state index is -0.799. The molecular formula is C43H45ClN6O3. The van der Waals surface area contributed by atoms with E-state index in [1.165, 1.54) is 11.1 Å². The van der Waals surface area contributed by atoms with Crippen molar-refractivity contribution >= 4 is 29.3 Å². The SMILES string of the molecule is O=C(C1CN(C2c3ccc(Cl)cc3CCc3cccnc32)CCN1C(=O)OC1CCCCC1)N(Cc1ccccc1)c1cccc(Cn2ccnc2)c1. The van der Waals surface area contributed by atoms with Crippen molar-refractivity contribution in [2.24, 2.45) is 0 Å². The molecular weight excluding hydrogens is 684 g/mol. The van der Waals surface area contributed by atoms with Crippen LogP contribution in [-0.4, -0.2) is 68.1 Å². The van der Waals surface area contributed by atoms with Crippen LogP contribution in [0.2, 0.25) is 5.02 Å². The molecule has 1 saturated carbocycles. The van der Waals surface area contributed by atoms with Gasteiger partial charge in [0.05, 0.1) is 24.6 Å². The normalized spacial score (nSPS) is 19.2. The second-order valence-electron chi connectivity index (χ2n) is 14.5. The molecule has 9 nitrogen and oxygen atoms in total. The zero-order valence-corrected chi connectivity index (χ0v) is 30.7. The summed E-state index contributed by atoms with van der Waals surface area (Å²) in [4.78, 5) is 44.6. The molecule has 3 heterocycles. The number of rotatable bonds is 8. The van der Waals surface area contributed by atoms with E-state index >= 15 is 4.79 Å². The molecule has 2 fully saturated rings. The molecule has 0 radical (unpaired) electrons. The lowest BCUT2D eigenvalue weighted by Crippen LogP contribution is -2.62. The number of imidazole rings is 1. The zero-order valence-electron chi connectivity index (χ0n) is 29.9. The number of piperazine rings is 1. The van der Waals surface area contributed by atoms with Crippen LogP contribution in [0.15, 0.2) is 110 Å². The van der Waals surface area contributed by atoms with Crippen LogP contribution in [-0.2, 0) is 35.5 Å². The lowest BCUT2D eigenvalue weighted by Gasteiger charge is -2.45. The van der Waals surface area contributed by atoms with E-state index < -0.39 is 12.1 Å². The van der Waals surface area contributed by atoms with Crippen molar-refractivity contribution in [3.63, 3.8) is 0 Å². The van der Waals surface area contributed by atoms with Crippen molar-refractivity contribution in [2.45, 2.75) is 76.2 Å². The quantitative estimate of drug-likeness (QED) is 0.162. The molecule has 2 atom stereocenters. The first-order valence-corrected chi connectivity index (χ1v) is 19.2. The molecule has 1 aliphatic heterocycles. The summed E-state index contributed by atoms with van der Waals surface area (Å²) in [6.07, 6.45) is 13.5. The van der Waals surface area contributed by atoms with Crippen molar-refractivity contribution in [3.05, 3.63) is 148 Å². The van der Waals surface area contributed by atoms with Gasteiger partial charge in [-0.1, -0.05) is 72.6 Å². The molecule has 5 aromatic rings. The minimum absolute atomic E-state index is 0.125. The Hall–Kier alpha value is -4.99. The van der Waals surface area contributed by atoms with Gasteiger partial charge in [-0.2, -0.15) is 0 Å². The van der Waals surface area contributed by atoms with E-state index in [9.17, 15) is 4.79 Å². The van der Waals surface area contributed by atoms with Crippen LogP contribution in [0.4, 0.5) is 10.5 Å². The zero-order chi connectivity index (χ0) is 36.1. The number of carbonyl (C=O) groups excluding carboxylic acids is 2. The van der Waals surface area contributed by atoms with Crippen LogP contribution in [0.25, 0.3) is 0 Å². The van der Waals surface area contributed by atoms with Crippen LogP contribution < -0.4 is 4.90 Å². The summed E-state index contributed by atoms with van der Waals surface area (Å²) in [6.45, 7) is 2.21. The van der Waals surface area contributed by atoms with Gasteiger partial charge >= 0.3 is 6.09 Å². The summed E-state index contributed by atoms with van der Waals surface area (Å²) < 4.78 is 8.19. The fourth-order valence-corrected chi connectivity index (χ4v) is 8.46. The van der Waals surface area contributed by atoms with Crippen LogP contribution in [0.5, 0.6) is 0 Å². The number of pyridine rings is 1. The molecule has 2 unspecified atom stereocenters. The average molecular weight is 729 g/mol. The Morgan fingerprint density at radius 2 is 1.68 bits per heavy atom. The number of amides is 2. The van der Waals surface area contributed by atoms with Crippen molar-refractivity contribution in [1.29, 1.82) is 0 Å². The summed E-state index contributed by atoms with van der Waals surface area (Å²) in [5.74, 6) is -0.148. The third-order valence-electron chi connectivity index (χ3n) is 11.0. The minimum Gasteiger partial charge on any atom is -0.446 e. The molecule has 0 bridgehead atoms. The van der Waals surface area contributed by atoms with Crippen molar-refractivity contribution in [3.8, 4) is 0 Å². The molecule has 53 heavy (non-hydrogen) atoms. The van der Waals surface area contributed by atoms with E-state index in [0.717, 1.165) is 73.0 Å². The van der Waals surface area contributed by atoms with Gasteiger partial charge in [-0.15, -0.1) is 0 Å². The number of benzene rings is 3. The molecule has 0 spiro atoms. The Labute approximate surface area is 316 Å². The molecule has 8 rings (SSSR count). The van der Waals surface area contributed by atoms with Crippen LogP contribution in [0.3, 0.4) is 0 Å². The number of ether oxygens (including phenoxy) is 1. The van der Waals surface area contributed by atoms with Gasteiger partial charge < -0.3 is 14.2 Å². The predicted octanol–water partition coefficient (Wildman–Crippen LogP) is 7.86. The highest BCUT2D eigenvalue weighted by Gasteiger charge is 2.43. The molecule has 1 saturated heterocycles. The van der Waals surface area contributed by atoms with Crippen molar-refractivity contribution in [1.82, 2.24) is 24.3 Å². The molecule has 2 amide bonds. The van der Waals surface area contributed by atoms with Crippen LogP contribution >= 0.6 is 11.6 Å². The first-order valence-electron chi connectivity index (χ1n) is 18.8. The van der Waals surface area contributed by atoms with Crippen LogP contribution in [0, 0.1) is 0 Å². The summed E-state index contributed by atoms with van der Waals surface area (Å²) in [5.41, 5.74) is 7.32. The third kappa shape index (κ3) is 7.87. The van der Waals surface area contributed by atoms with Gasteiger partial charge in [0.15, 0.2) is 0 Å². The molecule has 2 aliphatic carbocycles. The standard InChI is InChI=1S/C43H45ClN6O3/c44-35-18-19-38-34(26-35)17-16-33-12-8-20-46-40(33)41(38)48-23-24-49(43(52)53-37-14-5-2-6-15-37)39(29-48)42(51)50(28-31-9-3-1-4-10-31)36-13-7-11-32(25-36)27-47-22-21-45-30-47/h1,3-4,7-13,18-22,25-26,30,37,39,41H,2,5-6,14-17,23-24,27-29H2. The highest BCUT2D eigenvalue weighted by atomic mass is 35.5. The highest BCUT2D eigenvalue weighted by molar-refractivity contribution is 6.30. The molecule has 3 aromatic carbocycles. The van der Waals surface area contributed by atoms with Gasteiger partial charge in [-0.25, -0.2) is 9.78 Å². The van der Waals surface area contributed by atoms with E-state index in [2.05, 4.69) is 40.2 Å². The summed E-state index contributed by atoms with van der Waals surface area (Å²) in [6, 6.07) is 27.4. The number of aryl methyl sites for hydroxylation is 2. The fraction of sp³-hybridized carbons (Fsp3) is 0.349. The Kier molecular flexibility index (Phi) is 10.5. The summed E-state index contributed by atoms with van der Waals surface area (Å²) >= 11 is 6.54. The molecule has 0 N–H and O–H groups in total. The van der Waals surface area contributed by atoms with Crippen LogP contribution in [0.1, 0.15) is 71.7 Å². The van der Waals surface area contributed by atoms with Gasteiger partial charge in [0.1, 0.15) is 12.1 Å². The van der Waals surface area contributed by atoms with Gasteiger partial charge in [0.25, 0.3) is 5.91 Å². The Morgan fingerprint density at radius 3 is 2.51 bits per heavy atom. The second kappa shape index (κ2) is 15.9. The number of fused-ring (bicyclic) bond motifs is 2. The number of anilines is 1. The molecule has 3 aliphatic rings. The third-order valence-corrected chi connectivity index (χ3v) is 11.2. The summed E-state index contributed by atoms with van der Waals surface area (Å²) in [7, 11) is 0.